The van der Waals surface area contributed by atoms with E-state index in [-0.39, 0.29) is 0 Å². The van der Waals surface area contributed by atoms with E-state index in [4.69, 9.17) is 0 Å². The first kappa shape index (κ1) is 9.39. The Hall–Kier alpha value is -1.17. The summed E-state index contributed by atoms with van der Waals surface area (Å²) in [5.41, 5.74) is 1.44. The first-order valence-corrected chi connectivity index (χ1v) is 5.15. The van der Waals surface area contributed by atoms with E-state index >= 15 is 0 Å². The van der Waals surface area contributed by atoms with E-state index in [1.165, 1.54) is 0 Å². The molecule has 14 heavy (non-hydrogen) atoms. The van der Waals surface area contributed by atoms with Gasteiger partial charge in [-0.1, -0.05) is 18.2 Å². The van der Waals surface area contributed by atoms with Gasteiger partial charge in [0.15, 0.2) is 6.29 Å². The first-order valence-electron chi connectivity index (χ1n) is 4.07. The largest absolute Gasteiger partial charge is 0.296 e. The zero-order valence-electron chi connectivity index (χ0n) is 7.22. The molecule has 0 amide bonds. The summed E-state index contributed by atoms with van der Waals surface area (Å²) < 4.78 is 2.56. The van der Waals surface area contributed by atoms with Gasteiger partial charge in [0.2, 0.25) is 0 Å². The minimum Gasteiger partial charge on any atom is -0.296 e. The molecule has 0 spiro atoms. The number of carbonyl (C=O) groups is 1. The predicted octanol–water partition coefficient (Wildman–Crippen LogP) is 2.29. The molecular weight excluding hydrogens is 291 g/mol. The quantitative estimate of drug-likeness (QED) is 0.630. The minimum atomic E-state index is 0.481. The van der Waals surface area contributed by atoms with Crippen LogP contribution in [0.25, 0.3) is 5.69 Å². The standard InChI is InChI=1S/C10H7IN2O/c11-9-6-13(12-10(9)7-14)8-4-2-1-3-5-8/h1-7H. The van der Waals surface area contributed by atoms with E-state index < -0.39 is 0 Å². The molecule has 0 aliphatic heterocycles. The molecule has 0 unspecified atom stereocenters. The summed E-state index contributed by atoms with van der Waals surface area (Å²) in [5, 5.41) is 4.14. The number of hydrogen-bond acceptors (Lipinski definition) is 2. The maximum absolute atomic E-state index is 10.6. The molecular formula is C10H7IN2O. The van der Waals surface area contributed by atoms with Crippen LogP contribution >= 0.6 is 22.6 Å². The number of aldehydes is 1. The molecule has 2 aromatic rings. The Morgan fingerprint density at radius 2 is 2.00 bits per heavy atom. The maximum Gasteiger partial charge on any atom is 0.171 e. The summed E-state index contributed by atoms with van der Waals surface area (Å²) in [7, 11) is 0. The average Bonchev–Trinajstić information content (AvgIpc) is 2.61. The van der Waals surface area contributed by atoms with E-state index in [0.29, 0.717) is 5.69 Å². The summed E-state index contributed by atoms with van der Waals surface area (Å²) >= 11 is 2.09. The van der Waals surface area contributed by atoms with Crippen LogP contribution in [0.4, 0.5) is 0 Å². The highest BCUT2D eigenvalue weighted by Crippen LogP contribution is 2.12. The van der Waals surface area contributed by atoms with Crippen LogP contribution in [0.2, 0.25) is 0 Å². The Kier molecular flexibility index (Phi) is 2.62. The summed E-state index contributed by atoms with van der Waals surface area (Å²) in [4.78, 5) is 10.6. The predicted molar refractivity (Wildman–Crippen MR) is 61.7 cm³/mol. The Bertz CT molecular complexity index is 450. The lowest BCUT2D eigenvalue weighted by molar-refractivity contribution is 0.111. The van der Waals surface area contributed by atoms with Crippen molar-refractivity contribution >= 4 is 28.9 Å². The molecule has 0 radical (unpaired) electrons. The lowest BCUT2D eigenvalue weighted by Crippen LogP contribution is -1.94. The highest BCUT2D eigenvalue weighted by molar-refractivity contribution is 14.1. The molecule has 3 nitrogen and oxygen atoms in total. The van der Waals surface area contributed by atoms with Gasteiger partial charge in [0, 0.05) is 6.20 Å². The number of para-hydroxylation sites is 1. The third-order valence-electron chi connectivity index (χ3n) is 1.83. The van der Waals surface area contributed by atoms with Crippen LogP contribution in [0.5, 0.6) is 0 Å². The Morgan fingerprint density at radius 3 is 2.57 bits per heavy atom. The number of nitrogens with zero attached hydrogens (tertiary/aromatic N) is 2. The normalized spacial score (nSPS) is 10.1. The average molecular weight is 298 g/mol. The second-order valence-electron chi connectivity index (χ2n) is 2.76. The number of aromatic nitrogens is 2. The molecule has 0 N–H and O–H groups in total. The van der Waals surface area contributed by atoms with Crippen molar-refractivity contribution in [3.8, 4) is 5.69 Å². The number of carbonyl (C=O) groups excluding carboxylic acids is 1. The van der Waals surface area contributed by atoms with E-state index in [0.717, 1.165) is 15.5 Å². The lowest BCUT2D eigenvalue weighted by atomic mass is 10.3. The van der Waals surface area contributed by atoms with Crippen LogP contribution < -0.4 is 0 Å². The molecule has 0 atom stereocenters. The molecule has 0 saturated carbocycles. The van der Waals surface area contributed by atoms with Gasteiger partial charge in [0.05, 0.1) is 9.26 Å². The Morgan fingerprint density at radius 1 is 1.29 bits per heavy atom. The third-order valence-corrected chi connectivity index (χ3v) is 2.66. The van der Waals surface area contributed by atoms with Gasteiger partial charge >= 0.3 is 0 Å². The molecule has 1 aromatic carbocycles. The van der Waals surface area contributed by atoms with Gasteiger partial charge < -0.3 is 0 Å². The van der Waals surface area contributed by atoms with Gasteiger partial charge in [-0.25, -0.2) is 4.68 Å². The zero-order chi connectivity index (χ0) is 9.97. The maximum atomic E-state index is 10.6. The highest BCUT2D eigenvalue weighted by Gasteiger charge is 2.05. The van der Waals surface area contributed by atoms with Gasteiger partial charge in [-0.15, -0.1) is 0 Å². The molecule has 70 valence electrons. The minimum absolute atomic E-state index is 0.481. The van der Waals surface area contributed by atoms with Gasteiger partial charge in [0.1, 0.15) is 5.69 Å². The van der Waals surface area contributed by atoms with Crippen LogP contribution in [-0.4, -0.2) is 16.1 Å². The molecule has 1 heterocycles. The van der Waals surface area contributed by atoms with Gasteiger partial charge in [0.25, 0.3) is 0 Å². The van der Waals surface area contributed by atoms with Crippen molar-refractivity contribution in [1.82, 2.24) is 9.78 Å². The monoisotopic (exact) mass is 298 g/mol. The SMILES string of the molecule is O=Cc1nn(-c2ccccc2)cc1I. The molecule has 4 heteroatoms. The second kappa shape index (κ2) is 3.91. The van der Waals surface area contributed by atoms with Crippen LogP contribution in [0, 0.1) is 3.57 Å². The summed E-state index contributed by atoms with van der Waals surface area (Å²) in [6, 6.07) is 9.70. The van der Waals surface area contributed by atoms with Crippen molar-refractivity contribution in [3.63, 3.8) is 0 Å². The number of hydrogen-bond donors (Lipinski definition) is 0. The molecule has 0 aliphatic carbocycles. The smallest absolute Gasteiger partial charge is 0.171 e. The van der Waals surface area contributed by atoms with Crippen LogP contribution in [0.1, 0.15) is 10.5 Å². The van der Waals surface area contributed by atoms with Gasteiger partial charge in [-0.2, -0.15) is 5.10 Å². The van der Waals surface area contributed by atoms with Crippen LogP contribution in [0.15, 0.2) is 36.5 Å². The number of benzene rings is 1. The lowest BCUT2D eigenvalue weighted by Gasteiger charge is -1.98. The fraction of sp³-hybridized carbons (Fsp3) is 0. The van der Waals surface area contributed by atoms with Crippen LogP contribution in [0.3, 0.4) is 0 Å². The molecule has 0 bridgehead atoms. The molecule has 2 rings (SSSR count). The van der Waals surface area contributed by atoms with Crippen molar-refractivity contribution in [1.29, 1.82) is 0 Å². The van der Waals surface area contributed by atoms with E-state index in [1.807, 2.05) is 36.5 Å². The van der Waals surface area contributed by atoms with Crippen molar-refractivity contribution < 1.29 is 4.79 Å². The fourth-order valence-corrected chi connectivity index (χ4v) is 1.66. The van der Waals surface area contributed by atoms with Gasteiger partial charge in [-0.3, -0.25) is 4.79 Å². The number of halogens is 1. The topological polar surface area (TPSA) is 34.9 Å². The molecule has 0 aliphatic rings. The first-order chi connectivity index (χ1) is 6.81. The Balaban J connectivity index is 2.48. The van der Waals surface area contributed by atoms with E-state index in [2.05, 4.69) is 27.7 Å². The summed E-state index contributed by atoms with van der Waals surface area (Å²) in [5.74, 6) is 0. The van der Waals surface area contributed by atoms with E-state index in [9.17, 15) is 4.79 Å². The van der Waals surface area contributed by atoms with Gasteiger partial charge in [-0.05, 0) is 34.7 Å². The fourth-order valence-electron chi connectivity index (χ4n) is 1.16. The molecule has 1 aromatic heterocycles. The van der Waals surface area contributed by atoms with Crippen molar-refractivity contribution in [3.05, 3.63) is 45.8 Å². The summed E-state index contributed by atoms with van der Waals surface area (Å²) in [6.45, 7) is 0. The number of rotatable bonds is 2. The van der Waals surface area contributed by atoms with E-state index in [1.54, 1.807) is 4.68 Å². The highest BCUT2D eigenvalue weighted by atomic mass is 127. The van der Waals surface area contributed by atoms with Crippen molar-refractivity contribution in [2.24, 2.45) is 0 Å². The zero-order valence-corrected chi connectivity index (χ0v) is 9.38. The second-order valence-corrected chi connectivity index (χ2v) is 3.92. The Labute approximate surface area is 94.9 Å². The summed E-state index contributed by atoms with van der Waals surface area (Å²) in [6.07, 6.45) is 2.60. The van der Waals surface area contributed by atoms with Crippen molar-refractivity contribution in [2.45, 2.75) is 0 Å². The molecule has 0 saturated heterocycles. The van der Waals surface area contributed by atoms with Crippen molar-refractivity contribution in [2.75, 3.05) is 0 Å². The third kappa shape index (κ3) is 1.70. The molecule has 0 fully saturated rings. The van der Waals surface area contributed by atoms with Crippen LogP contribution in [-0.2, 0) is 0 Å².